The van der Waals surface area contributed by atoms with Gasteiger partial charge in [0.1, 0.15) is 12.4 Å². The Hall–Kier alpha value is -1.22. The lowest BCUT2D eigenvalue weighted by molar-refractivity contribution is -0.128. The second-order valence-corrected chi connectivity index (χ2v) is 6.80. The number of hydrogen-bond acceptors (Lipinski definition) is 3. The fourth-order valence-electron chi connectivity index (χ4n) is 2.10. The number of rotatable bonds is 8. The molecule has 0 aliphatic heterocycles. The molecule has 26 heavy (non-hydrogen) atoms. The zero-order valence-corrected chi connectivity index (χ0v) is 19.2. The first-order valence-corrected chi connectivity index (χ1v) is 8.76. The standard InChI is InChI=1S/C18H29ClN4O2.HI/c1-6-21-16(24)18(2,3)13-22-17(20-4)23(5)11-12-25-15-9-7-14(19)8-10-15;/h7-10H,6,11-13H2,1-5H3,(H,20,22)(H,21,24);1H. The molecule has 0 bridgehead atoms. The number of ether oxygens (including phenoxy) is 1. The van der Waals surface area contributed by atoms with E-state index in [0.717, 1.165) is 11.7 Å². The third kappa shape index (κ3) is 8.44. The van der Waals surface area contributed by atoms with E-state index in [4.69, 9.17) is 16.3 Å². The number of aliphatic imine (C=N–C) groups is 1. The molecule has 1 aromatic rings. The van der Waals surface area contributed by atoms with Crippen molar-refractivity contribution in [1.82, 2.24) is 15.5 Å². The smallest absolute Gasteiger partial charge is 0.227 e. The maximum absolute atomic E-state index is 12.1. The molecule has 0 heterocycles. The predicted molar refractivity (Wildman–Crippen MR) is 119 cm³/mol. The van der Waals surface area contributed by atoms with Crippen molar-refractivity contribution < 1.29 is 9.53 Å². The van der Waals surface area contributed by atoms with Gasteiger partial charge in [-0.15, -0.1) is 24.0 Å². The summed E-state index contributed by atoms with van der Waals surface area (Å²) in [5.41, 5.74) is -0.521. The van der Waals surface area contributed by atoms with Crippen molar-refractivity contribution in [2.24, 2.45) is 10.4 Å². The SMILES string of the molecule is CCNC(=O)C(C)(C)CNC(=NC)N(C)CCOc1ccc(Cl)cc1.I. The molecule has 148 valence electrons. The average molecular weight is 497 g/mol. The minimum atomic E-state index is -0.521. The van der Waals surface area contributed by atoms with E-state index in [9.17, 15) is 4.79 Å². The summed E-state index contributed by atoms with van der Waals surface area (Å²) in [7, 11) is 3.65. The molecule has 0 saturated heterocycles. The zero-order chi connectivity index (χ0) is 18.9. The molecule has 0 aliphatic carbocycles. The third-order valence-corrected chi connectivity index (χ3v) is 3.97. The molecule has 0 spiro atoms. The van der Waals surface area contributed by atoms with Crippen LogP contribution in [0.5, 0.6) is 5.75 Å². The van der Waals surface area contributed by atoms with Crippen molar-refractivity contribution in [2.75, 3.05) is 40.3 Å². The minimum Gasteiger partial charge on any atom is -0.492 e. The second-order valence-electron chi connectivity index (χ2n) is 6.37. The summed E-state index contributed by atoms with van der Waals surface area (Å²) in [6.45, 7) is 8.01. The summed E-state index contributed by atoms with van der Waals surface area (Å²) in [6.07, 6.45) is 0. The van der Waals surface area contributed by atoms with Gasteiger partial charge in [0.2, 0.25) is 5.91 Å². The molecular formula is C18H30ClIN4O2. The first-order chi connectivity index (χ1) is 11.8. The molecule has 0 unspecified atom stereocenters. The lowest BCUT2D eigenvalue weighted by Crippen LogP contribution is -2.48. The first-order valence-electron chi connectivity index (χ1n) is 8.38. The van der Waals surface area contributed by atoms with Crippen LogP contribution in [-0.2, 0) is 4.79 Å². The number of guanidine groups is 1. The van der Waals surface area contributed by atoms with Crippen LogP contribution in [0, 0.1) is 5.41 Å². The van der Waals surface area contributed by atoms with Crippen LogP contribution in [-0.4, -0.2) is 57.1 Å². The average Bonchev–Trinajstić information content (AvgIpc) is 2.57. The molecule has 8 heteroatoms. The Labute approximate surface area is 178 Å². The van der Waals surface area contributed by atoms with E-state index < -0.39 is 5.41 Å². The molecule has 0 atom stereocenters. The van der Waals surface area contributed by atoms with Crippen LogP contribution in [0.3, 0.4) is 0 Å². The van der Waals surface area contributed by atoms with Gasteiger partial charge in [-0.25, -0.2) is 0 Å². The van der Waals surface area contributed by atoms with Gasteiger partial charge in [0.25, 0.3) is 0 Å². The van der Waals surface area contributed by atoms with E-state index in [-0.39, 0.29) is 29.9 Å². The highest BCUT2D eigenvalue weighted by atomic mass is 127. The normalized spacial score (nSPS) is 11.4. The number of halogens is 2. The van der Waals surface area contributed by atoms with E-state index in [1.165, 1.54) is 0 Å². The number of nitrogens with zero attached hydrogens (tertiary/aromatic N) is 2. The Morgan fingerprint density at radius 1 is 1.27 bits per heavy atom. The van der Waals surface area contributed by atoms with Gasteiger partial charge in [-0.3, -0.25) is 9.79 Å². The lowest BCUT2D eigenvalue weighted by atomic mass is 9.92. The Bertz CT molecular complexity index is 579. The van der Waals surface area contributed by atoms with E-state index in [1.54, 1.807) is 19.2 Å². The molecular weight excluding hydrogens is 467 g/mol. The summed E-state index contributed by atoms with van der Waals surface area (Å²) < 4.78 is 5.69. The molecule has 0 aliphatic rings. The quantitative estimate of drug-likeness (QED) is 0.330. The van der Waals surface area contributed by atoms with Gasteiger partial charge in [0.05, 0.1) is 12.0 Å². The summed E-state index contributed by atoms with van der Waals surface area (Å²) in [6, 6.07) is 7.27. The molecule has 6 nitrogen and oxygen atoms in total. The summed E-state index contributed by atoms with van der Waals surface area (Å²) >= 11 is 5.85. The van der Waals surface area contributed by atoms with Crippen molar-refractivity contribution >= 4 is 47.4 Å². The number of benzene rings is 1. The topological polar surface area (TPSA) is 66.0 Å². The van der Waals surface area contributed by atoms with Crippen LogP contribution in [0.25, 0.3) is 0 Å². The van der Waals surface area contributed by atoms with Crippen molar-refractivity contribution in [3.8, 4) is 5.75 Å². The molecule has 0 radical (unpaired) electrons. The van der Waals surface area contributed by atoms with Crippen LogP contribution in [0.1, 0.15) is 20.8 Å². The van der Waals surface area contributed by atoms with Crippen LogP contribution >= 0.6 is 35.6 Å². The minimum absolute atomic E-state index is 0. The van der Waals surface area contributed by atoms with E-state index in [2.05, 4.69) is 15.6 Å². The molecule has 0 saturated carbocycles. The fourth-order valence-corrected chi connectivity index (χ4v) is 2.23. The van der Waals surface area contributed by atoms with E-state index in [0.29, 0.717) is 31.3 Å². The Morgan fingerprint density at radius 3 is 2.42 bits per heavy atom. The monoisotopic (exact) mass is 496 g/mol. The highest BCUT2D eigenvalue weighted by Crippen LogP contribution is 2.15. The highest BCUT2D eigenvalue weighted by molar-refractivity contribution is 14.0. The fraction of sp³-hybridized carbons (Fsp3) is 0.556. The molecule has 2 N–H and O–H groups in total. The predicted octanol–water partition coefficient (Wildman–Crippen LogP) is 3.01. The van der Waals surface area contributed by atoms with Crippen LogP contribution in [0.2, 0.25) is 5.02 Å². The molecule has 0 fully saturated rings. The van der Waals surface area contributed by atoms with Gasteiger partial charge in [-0.05, 0) is 45.0 Å². The van der Waals surface area contributed by atoms with Crippen molar-refractivity contribution in [3.63, 3.8) is 0 Å². The van der Waals surface area contributed by atoms with Gasteiger partial charge in [-0.2, -0.15) is 0 Å². The summed E-state index contributed by atoms with van der Waals surface area (Å²) in [5.74, 6) is 1.52. The number of carbonyl (C=O) groups excluding carboxylic acids is 1. The third-order valence-electron chi connectivity index (χ3n) is 3.72. The molecule has 1 amide bonds. The van der Waals surface area contributed by atoms with Gasteiger partial charge >= 0.3 is 0 Å². The second kappa shape index (κ2) is 12.2. The van der Waals surface area contributed by atoms with Crippen LogP contribution in [0.15, 0.2) is 29.3 Å². The van der Waals surface area contributed by atoms with Crippen LogP contribution < -0.4 is 15.4 Å². The number of carbonyl (C=O) groups is 1. The van der Waals surface area contributed by atoms with Gasteiger partial charge in [0, 0.05) is 32.2 Å². The highest BCUT2D eigenvalue weighted by Gasteiger charge is 2.27. The van der Waals surface area contributed by atoms with E-state index >= 15 is 0 Å². The summed E-state index contributed by atoms with van der Waals surface area (Å²) in [5, 5.41) is 6.78. The maximum atomic E-state index is 12.1. The molecule has 1 aromatic carbocycles. The van der Waals surface area contributed by atoms with Gasteiger partial charge in [-0.1, -0.05) is 11.6 Å². The van der Waals surface area contributed by atoms with Gasteiger partial charge in [0.15, 0.2) is 5.96 Å². The first kappa shape index (κ1) is 24.8. The number of amides is 1. The Kier molecular flexibility index (Phi) is 11.6. The Morgan fingerprint density at radius 2 is 1.88 bits per heavy atom. The maximum Gasteiger partial charge on any atom is 0.227 e. The summed E-state index contributed by atoms with van der Waals surface area (Å²) in [4.78, 5) is 18.3. The van der Waals surface area contributed by atoms with Crippen LogP contribution in [0.4, 0.5) is 0 Å². The van der Waals surface area contributed by atoms with Gasteiger partial charge < -0.3 is 20.3 Å². The number of nitrogens with one attached hydrogen (secondary N) is 2. The Balaban J connectivity index is 0.00000625. The van der Waals surface area contributed by atoms with Crippen molar-refractivity contribution in [3.05, 3.63) is 29.3 Å². The molecule has 0 aromatic heterocycles. The number of hydrogen-bond donors (Lipinski definition) is 2. The van der Waals surface area contributed by atoms with Crippen molar-refractivity contribution in [1.29, 1.82) is 0 Å². The lowest BCUT2D eigenvalue weighted by Gasteiger charge is -2.28. The molecule has 1 rings (SSSR count). The zero-order valence-electron chi connectivity index (χ0n) is 16.1. The number of likely N-dealkylation sites (N-methyl/N-ethyl adjacent to an activating group) is 1. The van der Waals surface area contributed by atoms with Crippen molar-refractivity contribution in [2.45, 2.75) is 20.8 Å². The van der Waals surface area contributed by atoms with E-state index in [1.807, 2.05) is 44.9 Å². The largest absolute Gasteiger partial charge is 0.492 e.